The van der Waals surface area contributed by atoms with Crippen molar-refractivity contribution < 1.29 is 4.74 Å². The molecule has 0 saturated carbocycles. The van der Waals surface area contributed by atoms with Gasteiger partial charge in [-0.05, 0) is 31.0 Å². The summed E-state index contributed by atoms with van der Waals surface area (Å²) in [6.45, 7) is 7.82. The monoisotopic (exact) mass is 337 g/mol. The van der Waals surface area contributed by atoms with Crippen molar-refractivity contribution in [1.29, 1.82) is 0 Å². The van der Waals surface area contributed by atoms with Gasteiger partial charge < -0.3 is 10.1 Å². The van der Waals surface area contributed by atoms with E-state index in [0.29, 0.717) is 18.6 Å². The standard InChI is InChI=1S/C17H24BrNO/c1-5-10-20-17-9-8-16(18)11-15(17)12-19-13(4)14(6-2)7-3/h1,8-9,11,13-14,19H,6-7,10,12H2,2-4H3. The lowest BCUT2D eigenvalue weighted by molar-refractivity contribution is 0.342. The number of halogens is 1. The van der Waals surface area contributed by atoms with Gasteiger partial charge in [-0.25, -0.2) is 0 Å². The Morgan fingerprint density at radius 2 is 2.05 bits per heavy atom. The van der Waals surface area contributed by atoms with E-state index in [9.17, 15) is 0 Å². The Bertz CT molecular complexity index is 449. The summed E-state index contributed by atoms with van der Waals surface area (Å²) in [4.78, 5) is 0. The van der Waals surface area contributed by atoms with Gasteiger partial charge in [0.15, 0.2) is 0 Å². The quantitative estimate of drug-likeness (QED) is 0.711. The largest absolute Gasteiger partial charge is 0.481 e. The average molecular weight is 338 g/mol. The molecule has 2 nitrogen and oxygen atoms in total. The topological polar surface area (TPSA) is 21.3 Å². The summed E-state index contributed by atoms with van der Waals surface area (Å²) >= 11 is 3.50. The van der Waals surface area contributed by atoms with E-state index in [-0.39, 0.29) is 0 Å². The maximum Gasteiger partial charge on any atom is 0.148 e. The first-order valence-corrected chi connectivity index (χ1v) is 7.99. The molecule has 0 bridgehead atoms. The van der Waals surface area contributed by atoms with Crippen molar-refractivity contribution in [3.8, 4) is 18.1 Å². The van der Waals surface area contributed by atoms with Gasteiger partial charge in [0.25, 0.3) is 0 Å². The molecule has 0 aliphatic heterocycles. The zero-order valence-electron chi connectivity index (χ0n) is 12.6. The lowest BCUT2D eigenvalue weighted by atomic mass is 9.95. The summed E-state index contributed by atoms with van der Waals surface area (Å²) in [5.41, 5.74) is 1.13. The van der Waals surface area contributed by atoms with Crippen molar-refractivity contribution in [2.45, 2.75) is 46.2 Å². The SMILES string of the molecule is C#CCOc1ccc(Br)cc1CNC(C)C(CC)CC. The molecule has 3 heteroatoms. The van der Waals surface area contributed by atoms with E-state index < -0.39 is 0 Å². The summed E-state index contributed by atoms with van der Waals surface area (Å²) in [5, 5.41) is 3.59. The van der Waals surface area contributed by atoms with Crippen LogP contribution in [0, 0.1) is 18.3 Å². The second-order valence-electron chi connectivity index (χ2n) is 4.99. The third-order valence-electron chi connectivity index (χ3n) is 3.70. The minimum absolute atomic E-state index is 0.302. The van der Waals surface area contributed by atoms with Crippen LogP contribution >= 0.6 is 15.9 Å². The van der Waals surface area contributed by atoms with Gasteiger partial charge in [0.2, 0.25) is 0 Å². The predicted octanol–water partition coefficient (Wildman–Crippen LogP) is 4.38. The van der Waals surface area contributed by atoms with Gasteiger partial charge in [-0.15, -0.1) is 6.42 Å². The highest BCUT2D eigenvalue weighted by molar-refractivity contribution is 9.10. The summed E-state index contributed by atoms with van der Waals surface area (Å²) in [6, 6.07) is 6.50. The zero-order valence-corrected chi connectivity index (χ0v) is 14.2. The van der Waals surface area contributed by atoms with Crippen LogP contribution in [0.1, 0.15) is 39.2 Å². The maximum absolute atomic E-state index is 5.59. The molecule has 0 aliphatic rings. The molecule has 0 heterocycles. The fourth-order valence-electron chi connectivity index (χ4n) is 2.38. The molecule has 1 aromatic carbocycles. The minimum atomic E-state index is 0.302. The first-order chi connectivity index (χ1) is 9.62. The Kier molecular flexibility index (Phi) is 7.72. The number of ether oxygens (including phenoxy) is 1. The van der Waals surface area contributed by atoms with E-state index in [1.165, 1.54) is 12.8 Å². The summed E-state index contributed by atoms with van der Waals surface area (Å²) in [6.07, 6.45) is 7.65. The van der Waals surface area contributed by atoms with Gasteiger partial charge >= 0.3 is 0 Å². The Balaban J connectivity index is 2.70. The Labute approximate surface area is 131 Å². The van der Waals surface area contributed by atoms with Crippen LogP contribution < -0.4 is 10.1 Å². The van der Waals surface area contributed by atoms with Crippen LogP contribution in [0.15, 0.2) is 22.7 Å². The van der Waals surface area contributed by atoms with Crippen LogP contribution in [-0.4, -0.2) is 12.6 Å². The van der Waals surface area contributed by atoms with Gasteiger partial charge in [0.1, 0.15) is 12.4 Å². The molecular weight excluding hydrogens is 314 g/mol. The number of nitrogens with one attached hydrogen (secondary N) is 1. The third kappa shape index (κ3) is 5.19. The number of hydrogen-bond acceptors (Lipinski definition) is 2. The number of benzene rings is 1. The van der Waals surface area contributed by atoms with Crippen LogP contribution in [0.2, 0.25) is 0 Å². The highest BCUT2D eigenvalue weighted by atomic mass is 79.9. The lowest BCUT2D eigenvalue weighted by Crippen LogP contribution is -2.32. The Morgan fingerprint density at radius 3 is 2.65 bits per heavy atom. The number of hydrogen-bond donors (Lipinski definition) is 1. The summed E-state index contributed by atoms with van der Waals surface area (Å²) in [5.74, 6) is 4.07. The summed E-state index contributed by atoms with van der Waals surface area (Å²) < 4.78 is 6.64. The Hall–Kier alpha value is -0.980. The average Bonchev–Trinajstić information content (AvgIpc) is 2.45. The minimum Gasteiger partial charge on any atom is -0.481 e. The maximum atomic E-state index is 5.59. The molecule has 0 fully saturated rings. The van der Waals surface area contributed by atoms with E-state index in [1.54, 1.807) is 0 Å². The van der Waals surface area contributed by atoms with Crippen molar-refractivity contribution in [2.24, 2.45) is 5.92 Å². The van der Waals surface area contributed by atoms with Crippen molar-refractivity contribution in [3.63, 3.8) is 0 Å². The second kappa shape index (κ2) is 9.05. The highest BCUT2D eigenvalue weighted by Gasteiger charge is 2.13. The molecule has 20 heavy (non-hydrogen) atoms. The fourth-order valence-corrected chi connectivity index (χ4v) is 2.79. The second-order valence-corrected chi connectivity index (χ2v) is 5.91. The van der Waals surface area contributed by atoms with Crippen LogP contribution in [0.3, 0.4) is 0 Å². The normalized spacial score (nSPS) is 12.2. The third-order valence-corrected chi connectivity index (χ3v) is 4.20. The van der Waals surface area contributed by atoms with Crippen LogP contribution in [0.4, 0.5) is 0 Å². The first-order valence-electron chi connectivity index (χ1n) is 7.20. The first kappa shape index (κ1) is 17.1. The molecule has 1 N–H and O–H groups in total. The number of terminal acetylenes is 1. The van der Waals surface area contributed by atoms with Gasteiger partial charge in [0, 0.05) is 22.6 Å². The Morgan fingerprint density at radius 1 is 1.35 bits per heavy atom. The van der Waals surface area contributed by atoms with Crippen LogP contribution in [-0.2, 0) is 6.54 Å². The van der Waals surface area contributed by atoms with Gasteiger partial charge in [-0.2, -0.15) is 0 Å². The molecule has 0 aromatic heterocycles. The molecule has 110 valence electrons. The van der Waals surface area contributed by atoms with E-state index in [0.717, 1.165) is 22.3 Å². The molecule has 1 unspecified atom stereocenters. The lowest BCUT2D eigenvalue weighted by Gasteiger charge is -2.23. The molecule has 1 atom stereocenters. The van der Waals surface area contributed by atoms with Crippen molar-refractivity contribution in [3.05, 3.63) is 28.2 Å². The molecule has 0 spiro atoms. The molecule has 1 aromatic rings. The molecule has 0 radical (unpaired) electrons. The smallest absolute Gasteiger partial charge is 0.148 e. The zero-order chi connectivity index (χ0) is 15.0. The van der Waals surface area contributed by atoms with E-state index in [1.807, 2.05) is 12.1 Å². The van der Waals surface area contributed by atoms with Gasteiger partial charge in [-0.3, -0.25) is 0 Å². The molecule has 0 aliphatic carbocycles. The summed E-state index contributed by atoms with van der Waals surface area (Å²) in [7, 11) is 0. The van der Waals surface area contributed by atoms with Crippen molar-refractivity contribution >= 4 is 15.9 Å². The molecule has 0 saturated heterocycles. The van der Waals surface area contributed by atoms with Crippen LogP contribution in [0.5, 0.6) is 5.75 Å². The van der Waals surface area contributed by atoms with Crippen LogP contribution in [0.25, 0.3) is 0 Å². The number of rotatable bonds is 8. The van der Waals surface area contributed by atoms with E-state index >= 15 is 0 Å². The van der Waals surface area contributed by atoms with E-state index in [2.05, 4.69) is 54.0 Å². The van der Waals surface area contributed by atoms with Crippen molar-refractivity contribution in [1.82, 2.24) is 5.32 Å². The molecular formula is C17H24BrNO. The van der Waals surface area contributed by atoms with E-state index in [4.69, 9.17) is 11.2 Å². The molecule has 1 rings (SSSR count). The van der Waals surface area contributed by atoms with Crippen molar-refractivity contribution in [2.75, 3.05) is 6.61 Å². The fraction of sp³-hybridized carbons (Fsp3) is 0.529. The van der Waals surface area contributed by atoms with Gasteiger partial charge in [0.05, 0.1) is 0 Å². The highest BCUT2D eigenvalue weighted by Crippen LogP contribution is 2.24. The predicted molar refractivity (Wildman–Crippen MR) is 88.8 cm³/mol. The molecule has 0 amide bonds. The van der Waals surface area contributed by atoms with Gasteiger partial charge in [-0.1, -0.05) is 48.5 Å².